The van der Waals surface area contributed by atoms with Crippen molar-refractivity contribution in [3.05, 3.63) is 73.8 Å². The zero-order chi connectivity index (χ0) is 18.6. The molecule has 7 heteroatoms. The lowest BCUT2D eigenvalue weighted by Gasteiger charge is -2.25. The van der Waals surface area contributed by atoms with Crippen molar-refractivity contribution in [1.29, 1.82) is 0 Å². The van der Waals surface area contributed by atoms with Gasteiger partial charge >= 0.3 is 5.69 Å². The van der Waals surface area contributed by atoms with Gasteiger partial charge in [-0.15, -0.1) is 0 Å². The Labute approximate surface area is 147 Å². The van der Waals surface area contributed by atoms with Crippen LogP contribution in [0.3, 0.4) is 0 Å². The van der Waals surface area contributed by atoms with Crippen molar-refractivity contribution in [2.45, 2.75) is 18.8 Å². The molecule has 132 valence electrons. The molecule has 1 atom stereocenters. The van der Waals surface area contributed by atoms with E-state index in [2.05, 4.69) is 4.98 Å². The Morgan fingerprint density at radius 3 is 2.42 bits per heavy atom. The molecule has 2 heterocycles. The van der Waals surface area contributed by atoms with E-state index < -0.39 is 11.2 Å². The van der Waals surface area contributed by atoms with Crippen molar-refractivity contribution in [3.8, 4) is 0 Å². The molecule has 1 aliphatic carbocycles. The number of ketones is 1. The van der Waals surface area contributed by atoms with Crippen molar-refractivity contribution in [3.63, 3.8) is 0 Å². The number of aryl methyl sites for hydroxylation is 1. The maximum Gasteiger partial charge on any atom is 0.332 e. The molecule has 0 unspecified atom stereocenters. The molecule has 0 aliphatic heterocycles. The molecule has 0 spiro atoms. The van der Waals surface area contributed by atoms with Crippen molar-refractivity contribution >= 4 is 16.8 Å². The maximum atomic E-state index is 13.2. The van der Waals surface area contributed by atoms with E-state index in [9.17, 15) is 18.8 Å². The molecule has 26 heavy (non-hydrogen) atoms. The van der Waals surface area contributed by atoms with Gasteiger partial charge in [0.15, 0.2) is 5.78 Å². The molecule has 0 saturated carbocycles. The van der Waals surface area contributed by atoms with Gasteiger partial charge in [-0.2, -0.15) is 0 Å². The summed E-state index contributed by atoms with van der Waals surface area (Å²) in [7, 11) is 2.96. The van der Waals surface area contributed by atoms with Crippen LogP contribution in [0.2, 0.25) is 0 Å². The second-order valence-electron chi connectivity index (χ2n) is 6.63. The Balaban J connectivity index is 1.97. The molecule has 0 fully saturated rings. The van der Waals surface area contributed by atoms with Crippen LogP contribution in [0.25, 0.3) is 11.0 Å². The van der Waals surface area contributed by atoms with E-state index in [1.165, 1.54) is 29.9 Å². The molecule has 0 amide bonds. The molecule has 2 aromatic heterocycles. The molecule has 3 aromatic rings. The molecule has 4 rings (SSSR count). The van der Waals surface area contributed by atoms with Gasteiger partial charge in [0.1, 0.15) is 11.5 Å². The zero-order valence-corrected chi connectivity index (χ0v) is 14.3. The summed E-state index contributed by atoms with van der Waals surface area (Å²) in [4.78, 5) is 41.7. The quantitative estimate of drug-likeness (QED) is 0.667. The highest BCUT2D eigenvalue weighted by molar-refractivity contribution is 6.02. The van der Waals surface area contributed by atoms with Gasteiger partial charge in [0.05, 0.1) is 5.39 Å². The number of Topliss-reactive ketones (excluding diaryl/α,β-unsaturated/α-hetero) is 1. The number of carbonyl (C=O) groups excluding carboxylic acids is 1. The molecule has 0 radical (unpaired) electrons. The Morgan fingerprint density at radius 1 is 1.04 bits per heavy atom. The highest BCUT2D eigenvalue weighted by atomic mass is 19.1. The Morgan fingerprint density at radius 2 is 1.73 bits per heavy atom. The number of aromatic nitrogens is 3. The zero-order valence-electron chi connectivity index (χ0n) is 14.3. The van der Waals surface area contributed by atoms with Crippen molar-refractivity contribution < 1.29 is 9.18 Å². The summed E-state index contributed by atoms with van der Waals surface area (Å²) >= 11 is 0. The molecule has 0 N–H and O–H groups in total. The Kier molecular flexibility index (Phi) is 3.61. The number of halogens is 1. The van der Waals surface area contributed by atoms with Crippen molar-refractivity contribution in [1.82, 2.24) is 14.1 Å². The fraction of sp³-hybridized carbons (Fsp3) is 0.263. The largest absolute Gasteiger partial charge is 0.332 e. The van der Waals surface area contributed by atoms with Gasteiger partial charge in [-0.3, -0.25) is 18.7 Å². The number of fused-ring (bicyclic) bond motifs is 3. The molecular formula is C19H16FN3O3. The average Bonchev–Trinajstić information content (AvgIpc) is 2.64. The number of pyridine rings is 1. The van der Waals surface area contributed by atoms with Crippen molar-refractivity contribution in [2.24, 2.45) is 14.1 Å². The van der Waals surface area contributed by atoms with Crippen LogP contribution in [0.4, 0.5) is 4.39 Å². The molecular weight excluding hydrogens is 337 g/mol. The maximum absolute atomic E-state index is 13.2. The second-order valence-corrected chi connectivity index (χ2v) is 6.63. The van der Waals surface area contributed by atoms with E-state index in [4.69, 9.17) is 0 Å². The van der Waals surface area contributed by atoms with Crippen LogP contribution in [-0.4, -0.2) is 19.9 Å². The molecule has 1 aliphatic rings. The van der Waals surface area contributed by atoms with E-state index >= 15 is 0 Å². The van der Waals surface area contributed by atoms with Gasteiger partial charge in [-0.05, 0) is 35.6 Å². The van der Waals surface area contributed by atoms with Crippen LogP contribution in [-0.2, 0) is 20.5 Å². The van der Waals surface area contributed by atoms with Crippen molar-refractivity contribution in [2.75, 3.05) is 0 Å². The first kappa shape index (κ1) is 16.4. The summed E-state index contributed by atoms with van der Waals surface area (Å²) < 4.78 is 15.5. The van der Waals surface area contributed by atoms with Crippen LogP contribution >= 0.6 is 0 Å². The third-order valence-electron chi connectivity index (χ3n) is 5.10. The highest BCUT2D eigenvalue weighted by Crippen LogP contribution is 2.34. The Bertz CT molecular complexity index is 1180. The smallest absolute Gasteiger partial charge is 0.294 e. The Hall–Kier alpha value is -3.09. The lowest BCUT2D eigenvalue weighted by Crippen LogP contribution is -2.38. The predicted octanol–water partition coefficient (Wildman–Crippen LogP) is 1.68. The minimum absolute atomic E-state index is 0.106. The first-order valence-corrected chi connectivity index (χ1v) is 8.24. The van der Waals surface area contributed by atoms with Crippen LogP contribution in [0.15, 0.2) is 40.1 Å². The minimum atomic E-state index is -0.466. The van der Waals surface area contributed by atoms with E-state index in [1.54, 1.807) is 19.2 Å². The summed E-state index contributed by atoms with van der Waals surface area (Å²) in [5.74, 6) is -0.594. The molecule has 0 saturated heterocycles. The predicted molar refractivity (Wildman–Crippen MR) is 94.0 cm³/mol. The van der Waals surface area contributed by atoms with Gasteiger partial charge in [0.25, 0.3) is 5.56 Å². The van der Waals surface area contributed by atoms with Crippen LogP contribution in [0.5, 0.6) is 0 Å². The average molecular weight is 353 g/mol. The third-order valence-corrected chi connectivity index (χ3v) is 5.10. The number of hydrogen-bond donors (Lipinski definition) is 0. The highest BCUT2D eigenvalue weighted by Gasteiger charge is 2.30. The summed E-state index contributed by atoms with van der Waals surface area (Å²) in [6, 6.07) is 6.05. The second kappa shape index (κ2) is 5.72. The lowest BCUT2D eigenvalue weighted by molar-refractivity contribution is 0.0964. The van der Waals surface area contributed by atoms with Crippen LogP contribution in [0.1, 0.15) is 33.8 Å². The normalized spacial score (nSPS) is 16.7. The third kappa shape index (κ3) is 2.31. The number of carbonyl (C=O) groups is 1. The summed E-state index contributed by atoms with van der Waals surface area (Å²) in [5, 5.41) is 0.298. The van der Waals surface area contributed by atoms with Crippen LogP contribution in [0, 0.1) is 5.82 Å². The fourth-order valence-corrected chi connectivity index (χ4v) is 3.66. The molecule has 0 bridgehead atoms. The number of hydrogen-bond acceptors (Lipinski definition) is 4. The van der Waals surface area contributed by atoms with Gasteiger partial charge in [0.2, 0.25) is 0 Å². The van der Waals surface area contributed by atoms with Gasteiger partial charge in [-0.1, -0.05) is 12.1 Å². The lowest BCUT2D eigenvalue weighted by atomic mass is 9.79. The monoisotopic (exact) mass is 353 g/mol. The van der Waals surface area contributed by atoms with E-state index in [0.29, 0.717) is 22.9 Å². The SMILES string of the molecule is Cn1c(=O)c2c3c(cnc2n(C)c1=O)C(=O)C[C@@H](c1ccc(F)cc1)C3. The van der Waals surface area contributed by atoms with Gasteiger partial charge in [0, 0.05) is 32.3 Å². The molecule has 1 aromatic carbocycles. The molecule has 6 nitrogen and oxygen atoms in total. The van der Waals surface area contributed by atoms with Gasteiger partial charge < -0.3 is 0 Å². The summed E-state index contributed by atoms with van der Waals surface area (Å²) in [5.41, 5.74) is 1.22. The van der Waals surface area contributed by atoms with E-state index in [1.807, 2.05) is 0 Å². The summed E-state index contributed by atoms with van der Waals surface area (Å²) in [6.45, 7) is 0. The first-order chi connectivity index (χ1) is 12.4. The standard InChI is InChI=1S/C19H16FN3O3/c1-22-17-16(18(25)23(2)19(22)26)13-7-11(8-15(24)14(13)9-21-17)10-3-5-12(20)6-4-10/h3-6,9,11H,7-8H2,1-2H3/t11-/m0/s1. The van der Waals surface area contributed by atoms with E-state index in [0.717, 1.165) is 10.1 Å². The summed E-state index contributed by atoms with van der Waals surface area (Å²) in [6.07, 6.45) is 2.18. The number of nitrogens with zero attached hydrogens (tertiary/aromatic N) is 3. The number of rotatable bonds is 1. The van der Waals surface area contributed by atoms with Crippen LogP contribution < -0.4 is 11.2 Å². The first-order valence-electron chi connectivity index (χ1n) is 8.24. The fourth-order valence-electron chi connectivity index (χ4n) is 3.66. The minimum Gasteiger partial charge on any atom is -0.294 e. The van der Waals surface area contributed by atoms with Gasteiger partial charge in [-0.25, -0.2) is 14.2 Å². The van der Waals surface area contributed by atoms with E-state index in [-0.39, 0.29) is 29.6 Å². The topological polar surface area (TPSA) is 74.0 Å². The number of benzene rings is 1.